The topological polar surface area (TPSA) is 105 Å². The molecule has 0 saturated heterocycles. The van der Waals surface area contributed by atoms with Gasteiger partial charge in [0.15, 0.2) is 5.82 Å². The van der Waals surface area contributed by atoms with Crippen molar-refractivity contribution in [2.24, 2.45) is 0 Å². The van der Waals surface area contributed by atoms with Gasteiger partial charge in [-0.15, -0.1) is 0 Å². The van der Waals surface area contributed by atoms with Crippen LogP contribution in [0.5, 0.6) is 11.5 Å². The average Bonchev–Trinajstić information content (AvgIpc) is 2.87. The molecule has 0 bridgehead atoms. The lowest BCUT2D eigenvalue weighted by molar-refractivity contribution is 0.0940. The van der Waals surface area contributed by atoms with Crippen LogP contribution in [0.2, 0.25) is 0 Å². The van der Waals surface area contributed by atoms with Crippen molar-refractivity contribution in [2.75, 3.05) is 14.2 Å². The van der Waals surface area contributed by atoms with Crippen molar-refractivity contribution in [3.63, 3.8) is 0 Å². The van der Waals surface area contributed by atoms with Crippen LogP contribution in [0, 0.1) is 0 Å². The Hall–Kier alpha value is -4.17. The van der Waals surface area contributed by atoms with Crippen molar-refractivity contribution in [3.05, 3.63) is 99.6 Å². The highest BCUT2D eigenvalue weighted by Crippen LogP contribution is 2.14. The molecule has 0 aliphatic heterocycles. The summed E-state index contributed by atoms with van der Waals surface area (Å²) in [7, 11) is 3.23. The fourth-order valence-corrected chi connectivity index (χ4v) is 3.59. The first-order chi connectivity index (χ1) is 16.6. The molecule has 0 aliphatic rings. The van der Waals surface area contributed by atoms with E-state index in [1.54, 1.807) is 26.4 Å². The third kappa shape index (κ3) is 5.60. The molecule has 0 saturated carbocycles. The summed E-state index contributed by atoms with van der Waals surface area (Å²) in [6.45, 7) is 1.53. The van der Waals surface area contributed by atoms with Crippen LogP contribution in [0.1, 0.15) is 27.3 Å². The lowest BCUT2D eigenvalue weighted by Gasteiger charge is -2.09. The van der Waals surface area contributed by atoms with Crippen molar-refractivity contribution >= 4 is 16.8 Å². The first-order valence-corrected chi connectivity index (χ1v) is 10.8. The molecular formula is C26H26N4O4. The molecule has 8 heteroatoms. The highest BCUT2D eigenvalue weighted by Gasteiger charge is 2.12. The normalized spacial score (nSPS) is 10.8. The molecule has 0 unspecified atom stereocenters. The van der Waals surface area contributed by atoms with Gasteiger partial charge < -0.3 is 25.1 Å². The summed E-state index contributed by atoms with van der Waals surface area (Å²) < 4.78 is 10.4. The Bertz CT molecular complexity index is 1370. The first-order valence-electron chi connectivity index (χ1n) is 10.8. The molecule has 0 fully saturated rings. The number of nitrogens with one attached hydrogen (secondary N) is 3. The molecule has 3 N–H and O–H groups in total. The van der Waals surface area contributed by atoms with Crippen LogP contribution in [0.15, 0.2) is 71.5 Å². The fraction of sp³-hybridized carbons (Fsp3) is 0.192. The number of fused-ring (bicyclic) bond motifs is 1. The maximum Gasteiger partial charge on any atom is 0.287 e. The molecule has 0 atom stereocenters. The maximum absolute atomic E-state index is 12.7. The number of aromatic nitrogens is 2. The third-order valence-electron chi connectivity index (χ3n) is 5.36. The van der Waals surface area contributed by atoms with Crippen molar-refractivity contribution in [1.82, 2.24) is 20.6 Å². The van der Waals surface area contributed by atoms with E-state index in [1.165, 1.54) is 0 Å². The molecule has 34 heavy (non-hydrogen) atoms. The van der Waals surface area contributed by atoms with Gasteiger partial charge in [-0.05, 0) is 53.1 Å². The number of ether oxygens (including phenoxy) is 2. The zero-order valence-electron chi connectivity index (χ0n) is 19.1. The summed E-state index contributed by atoms with van der Waals surface area (Å²) in [5, 5.41) is 6.57. The van der Waals surface area contributed by atoms with Crippen molar-refractivity contribution in [2.45, 2.75) is 19.6 Å². The van der Waals surface area contributed by atoms with Crippen molar-refractivity contribution < 1.29 is 14.3 Å². The van der Waals surface area contributed by atoms with E-state index >= 15 is 0 Å². The van der Waals surface area contributed by atoms with Crippen LogP contribution in [0.4, 0.5) is 0 Å². The molecule has 4 rings (SSSR count). The number of benzene rings is 3. The van der Waals surface area contributed by atoms with Gasteiger partial charge in [-0.1, -0.05) is 30.3 Å². The van der Waals surface area contributed by atoms with Gasteiger partial charge >= 0.3 is 0 Å². The van der Waals surface area contributed by atoms with Gasteiger partial charge in [0, 0.05) is 19.6 Å². The Morgan fingerprint density at radius 3 is 2.12 bits per heavy atom. The molecule has 4 aromatic rings. The minimum atomic E-state index is -0.453. The largest absolute Gasteiger partial charge is 0.497 e. The fourth-order valence-electron chi connectivity index (χ4n) is 3.59. The smallest absolute Gasteiger partial charge is 0.287 e. The Labute approximate surface area is 197 Å². The van der Waals surface area contributed by atoms with Gasteiger partial charge in [0.25, 0.3) is 11.5 Å². The molecule has 3 aromatic carbocycles. The quantitative estimate of drug-likeness (QED) is 0.356. The van der Waals surface area contributed by atoms with E-state index in [9.17, 15) is 9.59 Å². The van der Waals surface area contributed by atoms with Gasteiger partial charge in [-0.3, -0.25) is 9.59 Å². The molecule has 0 aliphatic carbocycles. The minimum Gasteiger partial charge on any atom is -0.497 e. The number of hydrogen-bond acceptors (Lipinski definition) is 6. The van der Waals surface area contributed by atoms with Crippen LogP contribution in [-0.4, -0.2) is 30.1 Å². The standard InChI is InChI=1S/C26H26N4O4/c1-33-20-7-3-5-17(11-20)14-27-15-19-9-10-23-22(13-19)25(31)30-24(29-23)26(32)28-16-18-6-4-8-21(12-18)34-2/h3-13,27H,14-16H2,1-2H3,(H,28,32)(H,29,30,31). The molecule has 1 amide bonds. The predicted octanol–water partition coefficient (Wildman–Crippen LogP) is 3.16. The Morgan fingerprint density at radius 2 is 1.47 bits per heavy atom. The van der Waals surface area contributed by atoms with Gasteiger partial charge in [0.2, 0.25) is 0 Å². The van der Waals surface area contributed by atoms with Crippen LogP contribution < -0.4 is 25.7 Å². The lowest BCUT2D eigenvalue weighted by Crippen LogP contribution is -2.27. The Morgan fingerprint density at radius 1 is 0.853 bits per heavy atom. The average molecular weight is 459 g/mol. The van der Waals surface area contributed by atoms with Gasteiger partial charge in [0.05, 0.1) is 25.1 Å². The van der Waals surface area contributed by atoms with Gasteiger partial charge in [0.1, 0.15) is 11.5 Å². The Balaban J connectivity index is 1.41. The second kappa shape index (κ2) is 10.6. The van der Waals surface area contributed by atoms with Crippen LogP contribution in [0.3, 0.4) is 0 Å². The Kier molecular flexibility index (Phi) is 7.19. The molecule has 1 aromatic heterocycles. The van der Waals surface area contributed by atoms with Crippen molar-refractivity contribution in [3.8, 4) is 11.5 Å². The molecule has 1 heterocycles. The van der Waals surface area contributed by atoms with E-state index in [4.69, 9.17) is 9.47 Å². The lowest BCUT2D eigenvalue weighted by atomic mass is 10.1. The number of hydrogen-bond donors (Lipinski definition) is 3. The molecule has 0 radical (unpaired) electrons. The number of carbonyl (C=O) groups is 1. The van der Waals surface area contributed by atoms with E-state index in [0.717, 1.165) is 22.4 Å². The number of H-pyrrole nitrogens is 1. The number of aromatic amines is 1. The number of methoxy groups -OCH3 is 2. The highest BCUT2D eigenvalue weighted by atomic mass is 16.5. The van der Waals surface area contributed by atoms with E-state index in [-0.39, 0.29) is 17.9 Å². The maximum atomic E-state index is 12.7. The summed E-state index contributed by atoms with van der Waals surface area (Å²) in [5.74, 6) is 1.04. The SMILES string of the molecule is COc1cccc(CNCc2ccc3nc(C(=O)NCc4cccc(OC)c4)[nH]c(=O)c3c2)c1. The van der Waals surface area contributed by atoms with Gasteiger partial charge in [-0.25, -0.2) is 4.98 Å². The summed E-state index contributed by atoms with van der Waals surface area (Å²) in [6.07, 6.45) is 0. The van der Waals surface area contributed by atoms with Crippen LogP contribution in [0.25, 0.3) is 10.9 Å². The van der Waals surface area contributed by atoms with Gasteiger partial charge in [-0.2, -0.15) is 0 Å². The van der Waals surface area contributed by atoms with E-state index in [1.807, 2.05) is 54.6 Å². The minimum absolute atomic E-state index is 0.0238. The summed E-state index contributed by atoms with van der Waals surface area (Å²) in [6, 6.07) is 20.7. The van der Waals surface area contributed by atoms with Crippen LogP contribution in [-0.2, 0) is 19.6 Å². The van der Waals surface area contributed by atoms with Crippen molar-refractivity contribution in [1.29, 1.82) is 0 Å². The molecule has 8 nitrogen and oxygen atoms in total. The molecular weight excluding hydrogens is 432 g/mol. The van der Waals surface area contributed by atoms with Crippen LogP contribution >= 0.6 is 0 Å². The second-order valence-corrected chi connectivity index (χ2v) is 7.76. The molecule has 0 spiro atoms. The zero-order chi connectivity index (χ0) is 23.9. The highest BCUT2D eigenvalue weighted by molar-refractivity contribution is 5.92. The summed E-state index contributed by atoms with van der Waals surface area (Å²) >= 11 is 0. The number of carbonyl (C=O) groups excluding carboxylic acids is 1. The number of amides is 1. The number of nitrogens with zero attached hydrogens (tertiary/aromatic N) is 1. The summed E-state index contributed by atoms with van der Waals surface area (Å²) in [4.78, 5) is 32.2. The third-order valence-corrected chi connectivity index (χ3v) is 5.36. The predicted molar refractivity (Wildman–Crippen MR) is 130 cm³/mol. The summed E-state index contributed by atoms with van der Waals surface area (Å²) in [5.41, 5.74) is 3.03. The molecule has 174 valence electrons. The second-order valence-electron chi connectivity index (χ2n) is 7.76. The first kappa shape index (κ1) is 23.0. The number of rotatable bonds is 9. The van der Waals surface area contributed by atoms with E-state index < -0.39 is 5.91 Å². The zero-order valence-corrected chi connectivity index (χ0v) is 19.1. The van der Waals surface area contributed by atoms with E-state index in [2.05, 4.69) is 20.6 Å². The van der Waals surface area contributed by atoms with E-state index in [0.29, 0.717) is 29.7 Å². The monoisotopic (exact) mass is 458 g/mol.